The van der Waals surface area contributed by atoms with Crippen LogP contribution < -0.4 is 14.8 Å². The van der Waals surface area contributed by atoms with Crippen LogP contribution in [0.25, 0.3) is 0 Å². The molecule has 0 saturated heterocycles. The summed E-state index contributed by atoms with van der Waals surface area (Å²) in [6.07, 6.45) is 3.40. The van der Waals surface area contributed by atoms with Crippen LogP contribution >= 0.6 is 0 Å². The summed E-state index contributed by atoms with van der Waals surface area (Å²) in [6.45, 7) is 0.674. The largest absolute Gasteiger partial charge is 0.492 e. The van der Waals surface area contributed by atoms with Gasteiger partial charge in [0.1, 0.15) is 24.7 Å². The summed E-state index contributed by atoms with van der Waals surface area (Å²) in [4.78, 5) is 16.3. The lowest BCUT2D eigenvalue weighted by molar-refractivity contribution is 0.0946. The Labute approximate surface area is 160 Å². The molecule has 5 nitrogen and oxygen atoms in total. The zero-order valence-corrected chi connectivity index (χ0v) is 14.9. The molecule has 0 aliphatic heterocycles. The maximum absolute atomic E-state index is 13.1. The Morgan fingerprint density at radius 1 is 0.964 bits per heavy atom. The normalized spacial score (nSPS) is 10.4. The molecule has 0 unspecified atom stereocenters. The number of pyridine rings is 1. The number of hydrogen-bond acceptors (Lipinski definition) is 4. The Morgan fingerprint density at radius 3 is 2.61 bits per heavy atom. The van der Waals surface area contributed by atoms with Gasteiger partial charge >= 0.3 is 0 Å². The maximum atomic E-state index is 13.1. The van der Waals surface area contributed by atoms with E-state index in [-0.39, 0.29) is 24.8 Å². The zero-order chi connectivity index (χ0) is 19.8. The van der Waals surface area contributed by atoms with E-state index in [0.29, 0.717) is 17.9 Å². The van der Waals surface area contributed by atoms with Gasteiger partial charge in [0.25, 0.3) is 5.91 Å². The SMILES string of the molecule is O=C(NCCOc1ccc(F)c(F)c1)c1cccc(OCc2cccnc2)c1. The van der Waals surface area contributed by atoms with Crippen LogP contribution in [0.3, 0.4) is 0 Å². The molecule has 1 heterocycles. The molecule has 1 amide bonds. The number of rotatable bonds is 8. The molecule has 0 fully saturated rings. The van der Waals surface area contributed by atoms with Gasteiger partial charge in [-0.25, -0.2) is 8.78 Å². The van der Waals surface area contributed by atoms with Gasteiger partial charge in [0, 0.05) is 29.6 Å². The summed E-state index contributed by atoms with van der Waals surface area (Å²) in [6, 6.07) is 13.8. The van der Waals surface area contributed by atoms with E-state index in [1.165, 1.54) is 6.07 Å². The Hall–Kier alpha value is -3.48. The molecule has 144 valence electrons. The third kappa shape index (κ3) is 5.51. The van der Waals surface area contributed by atoms with Gasteiger partial charge in [0.15, 0.2) is 11.6 Å². The van der Waals surface area contributed by atoms with E-state index in [0.717, 1.165) is 17.7 Å². The maximum Gasteiger partial charge on any atom is 0.251 e. The quantitative estimate of drug-likeness (QED) is 0.601. The first-order valence-corrected chi connectivity index (χ1v) is 8.59. The van der Waals surface area contributed by atoms with Crippen LogP contribution in [0.2, 0.25) is 0 Å². The number of hydrogen-bond donors (Lipinski definition) is 1. The van der Waals surface area contributed by atoms with Crippen LogP contribution in [0.5, 0.6) is 11.5 Å². The number of carbonyl (C=O) groups excluding carboxylic acids is 1. The summed E-state index contributed by atoms with van der Waals surface area (Å²) >= 11 is 0. The highest BCUT2D eigenvalue weighted by Crippen LogP contribution is 2.16. The molecule has 1 aromatic heterocycles. The smallest absolute Gasteiger partial charge is 0.251 e. The summed E-state index contributed by atoms with van der Waals surface area (Å²) in [5, 5.41) is 2.70. The van der Waals surface area contributed by atoms with Gasteiger partial charge in [-0.2, -0.15) is 0 Å². The second-order valence-corrected chi connectivity index (χ2v) is 5.86. The lowest BCUT2D eigenvalue weighted by Crippen LogP contribution is -2.28. The first-order valence-electron chi connectivity index (χ1n) is 8.59. The molecule has 2 aromatic carbocycles. The molecule has 0 aliphatic rings. The van der Waals surface area contributed by atoms with E-state index < -0.39 is 11.6 Å². The number of carbonyl (C=O) groups is 1. The molecular weight excluding hydrogens is 366 g/mol. The van der Waals surface area contributed by atoms with Crippen molar-refractivity contribution in [3.05, 3.63) is 89.8 Å². The summed E-state index contributed by atoms with van der Waals surface area (Å²) in [7, 11) is 0. The monoisotopic (exact) mass is 384 g/mol. The molecule has 7 heteroatoms. The van der Waals surface area contributed by atoms with Crippen molar-refractivity contribution in [3.8, 4) is 11.5 Å². The fourth-order valence-electron chi connectivity index (χ4n) is 2.38. The van der Waals surface area contributed by atoms with Crippen molar-refractivity contribution < 1.29 is 23.0 Å². The molecular formula is C21H18F2N2O3. The van der Waals surface area contributed by atoms with Gasteiger partial charge in [-0.15, -0.1) is 0 Å². The van der Waals surface area contributed by atoms with Gasteiger partial charge in [-0.05, 0) is 36.4 Å². The van der Waals surface area contributed by atoms with Gasteiger partial charge < -0.3 is 14.8 Å². The number of aromatic nitrogens is 1. The average molecular weight is 384 g/mol. The molecule has 0 bridgehead atoms. The molecule has 0 saturated carbocycles. The predicted molar refractivity (Wildman–Crippen MR) is 99.2 cm³/mol. The van der Waals surface area contributed by atoms with E-state index in [2.05, 4.69) is 10.3 Å². The summed E-state index contributed by atoms with van der Waals surface area (Å²) in [5.74, 6) is -1.45. The molecule has 0 atom stereocenters. The van der Waals surface area contributed by atoms with E-state index in [4.69, 9.17) is 9.47 Å². The van der Waals surface area contributed by atoms with Crippen molar-refractivity contribution in [1.29, 1.82) is 0 Å². The van der Waals surface area contributed by atoms with Gasteiger partial charge in [0.05, 0.1) is 6.54 Å². The fourth-order valence-corrected chi connectivity index (χ4v) is 2.38. The highest BCUT2D eigenvalue weighted by molar-refractivity contribution is 5.94. The molecule has 0 radical (unpaired) electrons. The Morgan fingerprint density at radius 2 is 1.82 bits per heavy atom. The lowest BCUT2D eigenvalue weighted by Gasteiger charge is -2.10. The van der Waals surface area contributed by atoms with Crippen LogP contribution in [0.4, 0.5) is 8.78 Å². The molecule has 0 spiro atoms. The predicted octanol–water partition coefficient (Wildman–Crippen LogP) is 3.75. The molecule has 3 aromatic rings. The third-order valence-electron chi connectivity index (χ3n) is 3.77. The number of nitrogens with zero attached hydrogens (tertiary/aromatic N) is 1. The van der Waals surface area contributed by atoms with E-state index in [1.807, 2.05) is 12.1 Å². The van der Waals surface area contributed by atoms with Crippen molar-refractivity contribution in [2.75, 3.05) is 13.2 Å². The minimum absolute atomic E-state index is 0.119. The van der Waals surface area contributed by atoms with E-state index in [1.54, 1.807) is 36.7 Å². The van der Waals surface area contributed by atoms with Crippen LogP contribution in [0.15, 0.2) is 67.0 Å². The van der Waals surface area contributed by atoms with E-state index in [9.17, 15) is 13.6 Å². The highest BCUT2D eigenvalue weighted by Gasteiger charge is 2.07. The minimum atomic E-state index is -0.982. The van der Waals surface area contributed by atoms with Crippen molar-refractivity contribution in [2.24, 2.45) is 0 Å². The minimum Gasteiger partial charge on any atom is -0.492 e. The second kappa shape index (κ2) is 9.45. The number of ether oxygens (including phenoxy) is 2. The summed E-state index contributed by atoms with van der Waals surface area (Å²) < 4.78 is 36.9. The lowest BCUT2D eigenvalue weighted by atomic mass is 10.2. The van der Waals surface area contributed by atoms with Crippen molar-refractivity contribution in [3.63, 3.8) is 0 Å². The first kappa shape index (κ1) is 19.3. The highest BCUT2D eigenvalue weighted by atomic mass is 19.2. The number of nitrogens with one attached hydrogen (secondary N) is 1. The number of amides is 1. The zero-order valence-electron chi connectivity index (χ0n) is 14.9. The standard InChI is InChI=1S/C21H18F2N2O3/c22-19-7-6-18(12-20(19)23)27-10-9-25-21(26)16-4-1-5-17(11-16)28-14-15-3-2-8-24-13-15/h1-8,11-13H,9-10,14H2,(H,25,26). The summed E-state index contributed by atoms with van der Waals surface area (Å²) in [5.41, 5.74) is 1.36. The molecule has 0 aliphatic carbocycles. The van der Waals surface area contributed by atoms with Crippen LogP contribution in [0, 0.1) is 11.6 Å². The van der Waals surface area contributed by atoms with Crippen LogP contribution in [0.1, 0.15) is 15.9 Å². The third-order valence-corrected chi connectivity index (χ3v) is 3.77. The van der Waals surface area contributed by atoms with Crippen molar-refractivity contribution >= 4 is 5.91 Å². The Balaban J connectivity index is 1.46. The molecule has 3 rings (SSSR count). The second-order valence-electron chi connectivity index (χ2n) is 5.86. The molecule has 28 heavy (non-hydrogen) atoms. The average Bonchev–Trinajstić information content (AvgIpc) is 2.73. The van der Waals surface area contributed by atoms with E-state index >= 15 is 0 Å². The number of benzene rings is 2. The Bertz CT molecular complexity index is 936. The van der Waals surface area contributed by atoms with Gasteiger partial charge in [0.2, 0.25) is 0 Å². The van der Waals surface area contributed by atoms with Crippen molar-refractivity contribution in [2.45, 2.75) is 6.61 Å². The fraction of sp³-hybridized carbons (Fsp3) is 0.143. The van der Waals surface area contributed by atoms with Gasteiger partial charge in [-0.1, -0.05) is 12.1 Å². The van der Waals surface area contributed by atoms with Crippen molar-refractivity contribution in [1.82, 2.24) is 10.3 Å². The van der Waals surface area contributed by atoms with Crippen LogP contribution in [-0.2, 0) is 6.61 Å². The topological polar surface area (TPSA) is 60.5 Å². The number of halogens is 2. The van der Waals surface area contributed by atoms with Crippen LogP contribution in [-0.4, -0.2) is 24.0 Å². The van der Waals surface area contributed by atoms with Gasteiger partial charge in [-0.3, -0.25) is 9.78 Å². The molecule has 1 N–H and O–H groups in total. The Kier molecular flexibility index (Phi) is 6.51. The first-order chi connectivity index (χ1) is 13.6.